The molecule has 13 heteroatoms. The predicted molar refractivity (Wildman–Crippen MR) is 97.0 cm³/mol. The Hall–Kier alpha value is -2.57. The van der Waals surface area contributed by atoms with Gasteiger partial charge in [-0.3, -0.25) is 10.00 Å². The normalized spacial score (nSPS) is 16.4. The lowest BCUT2D eigenvalue weighted by molar-refractivity contribution is 0.141. The molecule has 1 aliphatic rings. The van der Waals surface area contributed by atoms with Crippen LogP contribution in [0.15, 0.2) is 21.9 Å². The topological polar surface area (TPSA) is 123 Å². The second kappa shape index (κ2) is 7.69. The Morgan fingerprint density at radius 1 is 1.34 bits per heavy atom. The first-order valence-corrected chi connectivity index (χ1v) is 10.4. The molecule has 3 rings (SSSR count). The molecule has 0 spiro atoms. The van der Waals surface area contributed by atoms with Crippen LogP contribution in [0.25, 0.3) is 0 Å². The molecule has 160 valence electrons. The highest BCUT2D eigenvalue weighted by Gasteiger charge is 2.46. The van der Waals surface area contributed by atoms with Gasteiger partial charge in [-0.25, -0.2) is 22.0 Å². The van der Waals surface area contributed by atoms with Crippen LogP contribution in [0.2, 0.25) is 0 Å². The van der Waals surface area contributed by atoms with Crippen LogP contribution in [0.1, 0.15) is 38.8 Å². The summed E-state index contributed by atoms with van der Waals surface area (Å²) in [6, 6.07) is -0.461. The van der Waals surface area contributed by atoms with Gasteiger partial charge in [0.1, 0.15) is 10.6 Å². The Bertz CT molecular complexity index is 966. The Morgan fingerprint density at radius 2 is 2.00 bits per heavy atom. The maximum Gasteiger partial charge on any atom is 0.325 e. The van der Waals surface area contributed by atoms with E-state index in [1.165, 1.54) is 25.8 Å². The number of aryl methyl sites for hydroxylation is 1. The Kier molecular flexibility index (Phi) is 5.61. The third-order valence-corrected chi connectivity index (χ3v) is 7.96. The van der Waals surface area contributed by atoms with Gasteiger partial charge in [-0.2, -0.15) is 5.10 Å². The van der Waals surface area contributed by atoms with Crippen molar-refractivity contribution in [1.29, 1.82) is 0 Å². The summed E-state index contributed by atoms with van der Waals surface area (Å²) in [6.07, 6.45) is 0.000929. The molecular formula is C16H22F2N6O4S. The predicted octanol–water partition coefficient (Wildman–Crippen LogP) is 2.24. The van der Waals surface area contributed by atoms with Crippen LogP contribution in [-0.4, -0.2) is 57.2 Å². The van der Waals surface area contributed by atoms with Gasteiger partial charge in [0.2, 0.25) is 6.39 Å². The highest BCUT2D eigenvalue weighted by atomic mass is 32.2. The Morgan fingerprint density at radius 3 is 2.55 bits per heavy atom. The molecule has 0 unspecified atom stereocenters. The van der Waals surface area contributed by atoms with Gasteiger partial charge in [-0.15, -0.1) is 5.10 Å². The summed E-state index contributed by atoms with van der Waals surface area (Å²) in [6.45, 7) is 3.67. The minimum Gasteiger partial charge on any atom is -0.411 e. The van der Waals surface area contributed by atoms with E-state index in [9.17, 15) is 22.0 Å². The van der Waals surface area contributed by atoms with Crippen molar-refractivity contribution in [1.82, 2.24) is 24.9 Å². The number of carbonyl (C=O) groups is 1. The molecule has 1 aliphatic heterocycles. The number of sulfone groups is 1. The highest BCUT2D eigenvalue weighted by Crippen LogP contribution is 2.40. The molecule has 2 amide bonds. The van der Waals surface area contributed by atoms with Gasteiger partial charge in [0, 0.05) is 26.3 Å². The largest absolute Gasteiger partial charge is 0.411 e. The number of urea groups is 1. The number of hydrogen-bond acceptors (Lipinski definition) is 7. The van der Waals surface area contributed by atoms with E-state index in [0.717, 1.165) is 17.3 Å². The molecule has 2 aromatic rings. The van der Waals surface area contributed by atoms with Crippen molar-refractivity contribution in [2.75, 3.05) is 18.4 Å². The van der Waals surface area contributed by atoms with Crippen molar-refractivity contribution in [3.8, 4) is 0 Å². The fourth-order valence-electron chi connectivity index (χ4n) is 3.52. The lowest BCUT2D eigenvalue weighted by atomic mass is 9.86. The molecule has 10 nitrogen and oxygen atoms in total. The van der Waals surface area contributed by atoms with Gasteiger partial charge >= 0.3 is 12.0 Å². The zero-order chi connectivity index (χ0) is 21.4. The number of aromatic nitrogens is 4. The van der Waals surface area contributed by atoms with E-state index < -0.39 is 37.6 Å². The van der Waals surface area contributed by atoms with E-state index >= 15 is 0 Å². The number of nitrogens with one attached hydrogen (secondary N) is 1. The first-order chi connectivity index (χ1) is 13.5. The monoisotopic (exact) mass is 432 g/mol. The second-order valence-electron chi connectivity index (χ2n) is 7.40. The van der Waals surface area contributed by atoms with Crippen molar-refractivity contribution in [3.05, 3.63) is 18.3 Å². The molecule has 3 heterocycles. The minimum absolute atomic E-state index is 0.0314. The van der Waals surface area contributed by atoms with Crippen molar-refractivity contribution in [3.63, 3.8) is 0 Å². The lowest BCUT2D eigenvalue weighted by Gasteiger charge is -2.39. The third-order valence-electron chi connectivity index (χ3n) is 5.35. The number of piperidine rings is 1. The van der Waals surface area contributed by atoms with Crippen molar-refractivity contribution >= 4 is 21.9 Å². The van der Waals surface area contributed by atoms with Gasteiger partial charge in [-0.05, 0) is 32.6 Å². The van der Waals surface area contributed by atoms with Crippen LogP contribution < -0.4 is 5.32 Å². The Balaban J connectivity index is 1.73. The fourth-order valence-corrected chi connectivity index (χ4v) is 5.46. The molecule has 0 aromatic carbocycles. The van der Waals surface area contributed by atoms with Crippen molar-refractivity contribution in [2.24, 2.45) is 13.0 Å². The number of carbonyl (C=O) groups excluding carboxylic acids is 1. The summed E-state index contributed by atoms with van der Waals surface area (Å²) in [4.78, 5) is 13.3. The summed E-state index contributed by atoms with van der Waals surface area (Å²) in [7, 11) is -2.69. The average molecular weight is 432 g/mol. The number of halogens is 2. The van der Waals surface area contributed by atoms with E-state index in [0.29, 0.717) is 25.9 Å². The van der Waals surface area contributed by atoms with E-state index in [2.05, 4.69) is 20.6 Å². The quantitative estimate of drug-likeness (QED) is 0.768. The molecule has 1 saturated heterocycles. The van der Waals surface area contributed by atoms with Crippen LogP contribution in [0, 0.1) is 5.92 Å². The van der Waals surface area contributed by atoms with Crippen LogP contribution in [0.4, 0.5) is 19.6 Å². The Labute approximate surface area is 166 Å². The number of amides is 2. The number of anilines is 1. The minimum atomic E-state index is -4.09. The third kappa shape index (κ3) is 3.95. The van der Waals surface area contributed by atoms with E-state index in [1.807, 2.05) is 0 Å². The van der Waals surface area contributed by atoms with Crippen LogP contribution >= 0.6 is 0 Å². The number of alkyl halides is 2. The smallest absolute Gasteiger partial charge is 0.325 e. The number of hydrogen-bond donors (Lipinski definition) is 1. The molecule has 0 aliphatic carbocycles. The van der Waals surface area contributed by atoms with Crippen LogP contribution in [-0.2, 0) is 16.9 Å². The molecule has 0 bridgehead atoms. The first kappa shape index (κ1) is 21.1. The summed E-state index contributed by atoms with van der Waals surface area (Å²) >= 11 is 0. The van der Waals surface area contributed by atoms with Gasteiger partial charge in [-0.1, -0.05) is 5.10 Å². The summed E-state index contributed by atoms with van der Waals surface area (Å²) < 4.78 is 57.6. The molecule has 2 aromatic heterocycles. The summed E-state index contributed by atoms with van der Waals surface area (Å²) in [5, 5.41) is 13.1. The van der Waals surface area contributed by atoms with Crippen LogP contribution in [0.3, 0.4) is 0 Å². The second-order valence-corrected chi connectivity index (χ2v) is 9.89. The number of rotatable bonds is 5. The SMILES string of the molecule is Cn1cc(S(=O)(=O)C(C)(C)C2CCN(C(=O)Nc3nnco3)CC2)c(C(F)F)n1. The first-order valence-electron chi connectivity index (χ1n) is 8.92. The molecule has 1 fully saturated rings. The van der Waals surface area contributed by atoms with Crippen LogP contribution in [0.5, 0.6) is 0 Å². The fraction of sp³-hybridized carbons (Fsp3) is 0.625. The molecule has 29 heavy (non-hydrogen) atoms. The van der Waals surface area contributed by atoms with E-state index in [1.54, 1.807) is 0 Å². The highest BCUT2D eigenvalue weighted by molar-refractivity contribution is 7.92. The maximum atomic E-state index is 13.3. The molecule has 0 saturated carbocycles. The maximum absolute atomic E-state index is 13.3. The van der Waals surface area contributed by atoms with Gasteiger partial charge in [0.05, 0.1) is 4.75 Å². The van der Waals surface area contributed by atoms with Crippen molar-refractivity contribution in [2.45, 2.75) is 42.8 Å². The van der Waals surface area contributed by atoms with Crippen molar-refractivity contribution < 1.29 is 26.4 Å². The van der Waals surface area contributed by atoms with Gasteiger partial charge in [0.15, 0.2) is 9.84 Å². The van der Waals surface area contributed by atoms with E-state index in [4.69, 9.17) is 4.42 Å². The van der Waals surface area contributed by atoms with Gasteiger partial charge < -0.3 is 9.32 Å². The molecule has 0 radical (unpaired) electrons. The summed E-state index contributed by atoms with van der Waals surface area (Å²) in [5.74, 6) is -0.328. The average Bonchev–Trinajstić information content (AvgIpc) is 3.31. The number of likely N-dealkylation sites (tertiary alicyclic amines) is 1. The zero-order valence-electron chi connectivity index (χ0n) is 16.2. The lowest BCUT2D eigenvalue weighted by Crippen LogP contribution is -2.48. The zero-order valence-corrected chi connectivity index (χ0v) is 17.0. The molecule has 0 atom stereocenters. The standard InChI is InChI=1S/C16H22F2N6O4S/c1-16(2,29(26,27)11-8-23(3)22-12(11)13(17)18)10-4-6-24(7-5-10)15(25)20-14-21-19-9-28-14/h8-10,13H,4-7H2,1-3H3,(H,20,21,25). The molecular weight excluding hydrogens is 410 g/mol. The van der Waals surface area contributed by atoms with Gasteiger partial charge in [0.25, 0.3) is 6.43 Å². The van der Waals surface area contributed by atoms with E-state index in [-0.39, 0.29) is 11.9 Å². The summed E-state index contributed by atoms with van der Waals surface area (Å²) in [5.41, 5.74) is -0.739. The molecule has 1 N–H and O–H groups in total. The number of nitrogens with zero attached hydrogens (tertiary/aromatic N) is 5.